The molecule has 0 amide bonds. The van der Waals surface area contributed by atoms with Gasteiger partial charge < -0.3 is 10.1 Å². The van der Waals surface area contributed by atoms with Gasteiger partial charge >= 0.3 is 0 Å². The van der Waals surface area contributed by atoms with Crippen molar-refractivity contribution in [2.75, 3.05) is 20.3 Å². The molecule has 0 spiro atoms. The molecule has 1 N–H and O–H groups in total. The Bertz CT molecular complexity index is 184. The molecule has 1 saturated heterocycles. The first-order valence-electron chi connectivity index (χ1n) is 4.81. The Morgan fingerprint density at radius 3 is 2.77 bits per heavy atom. The van der Waals surface area contributed by atoms with Gasteiger partial charge in [-0.05, 0) is 13.5 Å². The molecule has 78 valence electrons. The fraction of sp³-hybridized carbons (Fsp3) is 1.00. The van der Waals surface area contributed by atoms with Gasteiger partial charge in [0.2, 0.25) is 0 Å². The van der Waals surface area contributed by atoms with Crippen molar-refractivity contribution in [3.8, 4) is 0 Å². The molecule has 0 aromatic heterocycles. The summed E-state index contributed by atoms with van der Waals surface area (Å²) in [5.74, 6) is 0. The standard InChI is InChI=1S/C9H19NO2S/c1-7(2)13(11)9-6-12-5-4-8(9)10-3/h7-10H,4-6H2,1-3H3. The maximum Gasteiger partial charge on any atom is 0.0737 e. The summed E-state index contributed by atoms with van der Waals surface area (Å²) in [7, 11) is 1.16. The third-order valence-corrected chi connectivity index (χ3v) is 4.43. The lowest BCUT2D eigenvalue weighted by atomic mass is 10.1. The Balaban J connectivity index is 2.58. The molecule has 1 fully saturated rings. The minimum Gasteiger partial charge on any atom is -0.380 e. The zero-order valence-electron chi connectivity index (χ0n) is 8.58. The first-order valence-corrected chi connectivity index (χ1v) is 6.08. The molecule has 0 aromatic carbocycles. The van der Waals surface area contributed by atoms with Crippen LogP contribution in [-0.2, 0) is 15.5 Å². The zero-order chi connectivity index (χ0) is 9.84. The first-order chi connectivity index (χ1) is 6.16. The van der Waals surface area contributed by atoms with Crippen LogP contribution in [0.4, 0.5) is 0 Å². The highest BCUT2D eigenvalue weighted by Gasteiger charge is 2.30. The molecule has 0 bridgehead atoms. The monoisotopic (exact) mass is 205 g/mol. The smallest absolute Gasteiger partial charge is 0.0737 e. The third-order valence-electron chi connectivity index (χ3n) is 2.44. The number of rotatable bonds is 3. The quantitative estimate of drug-likeness (QED) is 0.730. The van der Waals surface area contributed by atoms with Gasteiger partial charge in [-0.15, -0.1) is 0 Å². The second-order valence-electron chi connectivity index (χ2n) is 3.67. The fourth-order valence-electron chi connectivity index (χ4n) is 1.62. The van der Waals surface area contributed by atoms with Gasteiger partial charge in [0.25, 0.3) is 0 Å². The van der Waals surface area contributed by atoms with Crippen LogP contribution in [0.3, 0.4) is 0 Å². The summed E-state index contributed by atoms with van der Waals surface area (Å²) in [6, 6.07) is 0.358. The molecule has 1 aliphatic rings. The molecule has 3 nitrogen and oxygen atoms in total. The van der Waals surface area contributed by atoms with Crippen LogP contribution >= 0.6 is 0 Å². The molecule has 0 radical (unpaired) electrons. The van der Waals surface area contributed by atoms with Gasteiger partial charge in [0, 0.05) is 28.7 Å². The third kappa shape index (κ3) is 2.76. The molecular weight excluding hydrogens is 186 g/mol. The van der Waals surface area contributed by atoms with Gasteiger partial charge in [0.05, 0.1) is 11.9 Å². The van der Waals surface area contributed by atoms with Crippen LogP contribution in [0.2, 0.25) is 0 Å². The van der Waals surface area contributed by atoms with Crippen LogP contribution < -0.4 is 5.32 Å². The van der Waals surface area contributed by atoms with Crippen LogP contribution in [0.15, 0.2) is 0 Å². The molecule has 3 atom stereocenters. The van der Waals surface area contributed by atoms with Gasteiger partial charge in [-0.25, -0.2) is 0 Å². The van der Waals surface area contributed by atoms with Crippen molar-refractivity contribution in [2.45, 2.75) is 36.8 Å². The lowest BCUT2D eigenvalue weighted by Crippen LogP contribution is -2.48. The van der Waals surface area contributed by atoms with Crippen molar-refractivity contribution in [1.82, 2.24) is 5.32 Å². The number of hydrogen-bond acceptors (Lipinski definition) is 3. The van der Waals surface area contributed by atoms with Gasteiger partial charge in [0.1, 0.15) is 0 Å². The zero-order valence-corrected chi connectivity index (χ0v) is 9.39. The molecule has 1 rings (SSSR count). The van der Waals surface area contributed by atoms with E-state index in [0.717, 1.165) is 13.0 Å². The average molecular weight is 205 g/mol. The Morgan fingerprint density at radius 1 is 1.54 bits per heavy atom. The Hall–Kier alpha value is 0.0700. The van der Waals surface area contributed by atoms with Crippen LogP contribution in [0.25, 0.3) is 0 Å². The summed E-state index contributed by atoms with van der Waals surface area (Å²) >= 11 is 0. The summed E-state index contributed by atoms with van der Waals surface area (Å²) in [6.07, 6.45) is 0.972. The van der Waals surface area contributed by atoms with E-state index in [2.05, 4.69) is 5.32 Å². The van der Waals surface area contributed by atoms with E-state index in [-0.39, 0.29) is 10.5 Å². The van der Waals surface area contributed by atoms with Crippen LogP contribution in [0.5, 0.6) is 0 Å². The Kier molecular flexibility index (Phi) is 4.35. The fourth-order valence-corrected chi connectivity index (χ4v) is 3.15. The second-order valence-corrected chi connectivity index (χ2v) is 5.88. The highest BCUT2D eigenvalue weighted by atomic mass is 32.2. The Labute approximate surface area is 82.7 Å². The van der Waals surface area contributed by atoms with Gasteiger partial charge in [-0.2, -0.15) is 0 Å². The molecule has 0 aliphatic carbocycles. The lowest BCUT2D eigenvalue weighted by molar-refractivity contribution is 0.0837. The summed E-state index contributed by atoms with van der Waals surface area (Å²) in [6.45, 7) is 5.42. The van der Waals surface area contributed by atoms with Crippen molar-refractivity contribution < 1.29 is 8.95 Å². The SMILES string of the molecule is CNC1CCOCC1S(=O)C(C)C. The van der Waals surface area contributed by atoms with E-state index in [1.807, 2.05) is 20.9 Å². The van der Waals surface area contributed by atoms with Gasteiger partial charge in [-0.1, -0.05) is 13.8 Å². The minimum absolute atomic E-state index is 0.166. The molecule has 0 aromatic rings. The summed E-state index contributed by atoms with van der Waals surface area (Å²) < 4.78 is 17.2. The predicted octanol–water partition coefficient (Wildman–Crippen LogP) is 0.520. The molecule has 3 unspecified atom stereocenters. The average Bonchev–Trinajstić information content (AvgIpc) is 2.16. The highest BCUT2D eigenvalue weighted by molar-refractivity contribution is 7.86. The van der Waals surface area contributed by atoms with E-state index < -0.39 is 10.8 Å². The largest absolute Gasteiger partial charge is 0.380 e. The van der Waals surface area contributed by atoms with Crippen molar-refractivity contribution in [3.63, 3.8) is 0 Å². The second kappa shape index (κ2) is 5.08. The van der Waals surface area contributed by atoms with Crippen molar-refractivity contribution in [1.29, 1.82) is 0 Å². The molecular formula is C9H19NO2S. The highest BCUT2D eigenvalue weighted by Crippen LogP contribution is 2.15. The van der Waals surface area contributed by atoms with Gasteiger partial charge in [0.15, 0.2) is 0 Å². The van der Waals surface area contributed by atoms with Crippen molar-refractivity contribution in [2.24, 2.45) is 0 Å². The Morgan fingerprint density at radius 2 is 2.23 bits per heavy atom. The number of ether oxygens (including phenoxy) is 1. The van der Waals surface area contributed by atoms with Crippen LogP contribution in [0.1, 0.15) is 20.3 Å². The van der Waals surface area contributed by atoms with E-state index in [4.69, 9.17) is 4.74 Å². The maximum atomic E-state index is 11.9. The topological polar surface area (TPSA) is 38.3 Å². The lowest BCUT2D eigenvalue weighted by Gasteiger charge is -2.31. The van der Waals surface area contributed by atoms with E-state index in [1.165, 1.54) is 0 Å². The normalized spacial score (nSPS) is 32.0. The molecule has 1 aliphatic heterocycles. The van der Waals surface area contributed by atoms with E-state index in [1.54, 1.807) is 0 Å². The number of nitrogens with one attached hydrogen (secondary N) is 1. The van der Waals surface area contributed by atoms with Crippen LogP contribution in [0, 0.1) is 0 Å². The molecule has 4 heteroatoms. The summed E-state index contributed by atoms with van der Waals surface area (Å²) in [5.41, 5.74) is 0. The predicted molar refractivity (Wildman–Crippen MR) is 55.4 cm³/mol. The van der Waals surface area contributed by atoms with Crippen molar-refractivity contribution in [3.05, 3.63) is 0 Å². The molecule has 13 heavy (non-hydrogen) atoms. The van der Waals surface area contributed by atoms with Gasteiger partial charge in [-0.3, -0.25) is 4.21 Å². The molecule has 0 saturated carbocycles. The van der Waals surface area contributed by atoms with E-state index >= 15 is 0 Å². The first kappa shape index (κ1) is 11.1. The minimum atomic E-state index is -0.776. The van der Waals surface area contributed by atoms with E-state index in [9.17, 15) is 4.21 Å². The van der Waals surface area contributed by atoms with Crippen LogP contribution in [-0.4, -0.2) is 41.0 Å². The van der Waals surface area contributed by atoms with E-state index in [0.29, 0.717) is 12.6 Å². The summed E-state index contributed by atoms with van der Waals surface area (Å²) in [4.78, 5) is 0. The maximum absolute atomic E-state index is 11.9. The summed E-state index contributed by atoms with van der Waals surface area (Å²) in [5, 5.41) is 3.61. The number of hydrogen-bond donors (Lipinski definition) is 1. The molecule has 1 heterocycles. The van der Waals surface area contributed by atoms with Crippen molar-refractivity contribution >= 4 is 10.8 Å².